The molecule has 0 aromatic heterocycles. The molecule has 7 nitrogen and oxygen atoms in total. The number of amides is 2. The van der Waals surface area contributed by atoms with Crippen molar-refractivity contribution in [1.29, 1.82) is 0 Å². The molecule has 0 bridgehead atoms. The molecule has 0 aliphatic carbocycles. The molecule has 0 atom stereocenters. The van der Waals surface area contributed by atoms with Crippen LogP contribution in [0.3, 0.4) is 0 Å². The summed E-state index contributed by atoms with van der Waals surface area (Å²) in [4.78, 5) is 28.7. The highest BCUT2D eigenvalue weighted by Crippen LogP contribution is 2.21. The van der Waals surface area contributed by atoms with Gasteiger partial charge in [-0.1, -0.05) is 29.4 Å². The fourth-order valence-electron chi connectivity index (χ4n) is 1.71. The number of carbonyl (C=O) groups excluding carboxylic acids is 2. The van der Waals surface area contributed by atoms with E-state index >= 15 is 0 Å². The van der Waals surface area contributed by atoms with E-state index in [9.17, 15) is 9.59 Å². The molecule has 1 aromatic carbocycles. The molecule has 7 heteroatoms. The van der Waals surface area contributed by atoms with Gasteiger partial charge in [-0.15, -0.1) is 0 Å². The van der Waals surface area contributed by atoms with E-state index in [2.05, 4.69) is 15.2 Å². The van der Waals surface area contributed by atoms with Gasteiger partial charge in [0, 0.05) is 5.56 Å². The molecule has 0 aliphatic rings. The standard InChI is InChI=1S/C16H20N2O5/c1-11(2)18-23-9-12-7-5-6-8-13(12)14(10-21-3)15(19)17-16(20)22-4/h5-8,10H,9H2,1-4H3,(H,17,19,20)/b14-10+. The fourth-order valence-corrected chi connectivity index (χ4v) is 1.71. The van der Waals surface area contributed by atoms with Crippen molar-refractivity contribution in [2.75, 3.05) is 14.2 Å². The maximum atomic E-state index is 12.2. The molecule has 124 valence electrons. The Morgan fingerprint density at radius 2 is 1.91 bits per heavy atom. The third kappa shape index (κ3) is 5.82. The number of benzene rings is 1. The predicted octanol–water partition coefficient (Wildman–Crippen LogP) is 2.47. The molecule has 0 spiro atoms. The van der Waals surface area contributed by atoms with Gasteiger partial charge in [0.2, 0.25) is 0 Å². The topological polar surface area (TPSA) is 86.2 Å². The lowest BCUT2D eigenvalue weighted by Crippen LogP contribution is -2.31. The molecular weight excluding hydrogens is 300 g/mol. The smallest absolute Gasteiger partial charge is 0.413 e. The van der Waals surface area contributed by atoms with E-state index in [1.165, 1.54) is 20.5 Å². The van der Waals surface area contributed by atoms with Gasteiger partial charge >= 0.3 is 6.09 Å². The summed E-state index contributed by atoms with van der Waals surface area (Å²) in [5, 5.41) is 5.96. The first-order valence-corrected chi connectivity index (χ1v) is 6.83. The van der Waals surface area contributed by atoms with Crippen molar-refractivity contribution in [2.45, 2.75) is 20.5 Å². The molecule has 23 heavy (non-hydrogen) atoms. The minimum absolute atomic E-state index is 0.175. The van der Waals surface area contributed by atoms with Crippen molar-refractivity contribution in [3.8, 4) is 0 Å². The van der Waals surface area contributed by atoms with E-state index < -0.39 is 12.0 Å². The molecule has 0 saturated carbocycles. The monoisotopic (exact) mass is 320 g/mol. The second kappa shape index (κ2) is 9.24. The van der Waals surface area contributed by atoms with Crippen molar-refractivity contribution in [3.63, 3.8) is 0 Å². The molecule has 0 heterocycles. The van der Waals surface area contributed by atoms with Gasteiger partial charge in [-0.2, -0.15) is 0 Å². The zero-order valence-corrected chi connectivity index (χ0v) is 13.6. The van der Waals surface area contributed by atoms with Crippen LogP contribution in [-0.2, 0) is 25.7 Å². The molecule has 1 aromatic rings. The number of alkyl carbamates (subject to hydrolysis) is 1. The molecule has 0 aliphatic heterocycles. The van der Waals surface area contributed by atoms with E-state index in [0.29, 0.717) is 5.56 Å². The average molecular weight is 320 g/mol. The highest BCUT2D eigenvalue weighted by atomic mass is 16.6. The SMILES string of the molecule is CO/C=C(/C(=O)NC(=O)OC)c1ccccc1CON=C(C)C. The second-order valence-electron chi connectivity index (χ2n) is 4.68. The predicted molar refractivity (Wildman–Crippen MR) is 85.5 cm³/mol. The van der Waals surface area contributed by atoms with Gasteiger partial charge in [-0.3, -0.25) is 10.1 Å². The van der Waals surface area contributed by atoms with Crippen LogP contribution in [0, 0.1) is 0 Å². The summed E-state index contributed by atoms with van der Waals surface area (Å²) in [5.41, 5.74) is 2.24. The number of imide groups is 1. The number of rotatable bonds is 6. The molecule has 1 rings (SSSR count). The summed E-state index contributed by atoms with van der Waals surface area (Å²) in [5.74, 6) is -0.638. The first-order valence-electron chi connectivity index (χ1n) is 6.83. The van der Waals surface area contributed by atoms with Crippen LogP contribution in [0.15, 0.2) is 35.7 Å². The zero-order chi connectivity index (χ0) is 17.2. The van der Waals surface area contributed by atoms with Crippen LogP contribution in [0.2, 0.25) is 0 Å². The highest BCUT2D eigenvalue weighted by molar-refractivity contribution is 6.23. The third-order valence-electron chi connectivity index (χ3n) is 2.66. The van der Waals surface area contributed by atoms with Gasteiger partial charge < -0.3 is 14.3 Å². The summed E-state index contributed by atoms with van der Waals surface area (Å²) in [6, 6.07) is 7.10. The number of nitrogens with zero attached hydrogens (tertiary/aromatic N) is 1. The number of oxime groups is 1. The lowest BCUT2D eigenvalue weighted by molar-refractivity contribution is -0.115. The van der Waals surface area contributed by atoms with E-state index in [0.717, 1.165) is 11.3 Å². The number of nitrogens with one attached hydrogen (secondary N) is 1. The first kappa shape index (κ1) is 18.2. The molecule has 0 unspecified atom stereocenters. The Balaban J connectivity index is 3.08. The van der Waals surface area contributed by atoms with Crippen LogP contribution >= 0.6 is 0 Å². The van der Waals surface area contributed by atoms with Crippen LogP contribution in [-0.4, -0.2) is 31.9 Å². The number of ether oxygens (including phenoxy) is 2. The van der Waals surface area contributed by atoms with Crippen LogP contribution in [0.4, 0.5) is 4.79 Å². The molecule has 0 radical (unpaired) electrons. The average Bonchev–Trinajstić information content (AvgIpc) is 2.52. The number of hydrogen-bond donors (Lipinski definition) is 1. The van der Waals surface area contributed by atoms with Crippen LogP contribution < -0.4 is 5.32 Å². The van der Waals surface area contributed by atoms with E-state index in [1.807, 2.05) is 19.9 Å². The summed E-state index contributed by atoms with van der Waals surface area (Å²) in [6.45, 7) is 3.80. The summed E-state index contributed by atoms with van der Waals surface area (Å²) >= 11 is 0. The third-order valence-corrected chi connectivity index (χ3v) is 2.66. The number of hydrogen-bond acceptors (Lipinski definition) is 6. The summed E-state index contributed by atoms with van der Waals surface area (Å²) in [7, 11) is 2.59. The lowest BCUT2D eigenvalue weighted by atomic mass is 10.0. The fraction of sp³-hybridized carbons (Fsp3) is 0.312. The first-order chi connectivity index (χ1) is 11.0. The van der Waals surface area contributed by atoms with Crippen molar-refractivity contribution in [3.05, 3.63) is 41.7 Å². The van der Waals surface area contributed by atoms with Gasteiger partial charge in [0.15, 0.2) is 0 Å². The zero-order valence-electron chi connectivity index (χ0n) is 13.6. The van der Waals surface area contributed by atoms with Crippen LogP contribution in [0.1, 0.15) is 25.0 Å². The normalized spacial score (nSPS) is 10.5. The minimum atomic E-state index is -0.850. The van der Waals surface area contributed by atoms with E-state index in [4.69, 9.17) is 9.57 Å². The Morgan fingerprint density at radius 3 is 2.52 bits per heavy atom. The molecule has 2 amide bonds. The van der Waals surface area contributed by atoms with Crippen molar-refractivity contribution < 1.29 is 23.9 Å². The molecular formula is C16H20N2O5. The van der Waals surface area contributed by atoms with Gasteiger partial charge in [-0.25, -0.2) is 4.79 Å². The van der Waals surface area contributed by atoms with Crippen LogP contribution in [0.25, 0.3) is 5.57 Å². The highest BCUT2D eigenvalue weighted by Gasteiger charge is 2.18. The Labute approximate surface area is 134 Å². The van der Waals surface area contributed by atoms with E-state index in [-0.39, 0.29) is 12.2 Å². The Morgan fingerprint density at radius 1 is 1.22 bits per heavy atom. The summed E-state index contributed by atoms with van der Waals surface area (Å²) in [6.07, 6.45) is 0.405. The van der Waals surface area contributed by atoms with Crippen LogP contribution in [0.5, 0.6) is 0 Å². The van der Waals surface area contributed by atoms with Crippen molar-refractivity contribution >= 4 is 23.3 Å². The van der Waals surface area contributed by atoms with Gasteiger partial charge in [0.25, 0.3) is 5.91 Å². The van der Waals surface area contributed by atoms with Crippen molar-refractivity contribution in [2.24, 2.45) is 5.16 Å². The van der Waals surface area contributed by atoms with Gasteiger partial charge in [0.1, 0.15) is 6.61 Å². The largest absolute Gasteiger partial charge is 0.504 e. The van der Waals surface area contributed by atoms with Crippen molar-refractivity contribution in [1.82, 2.24) is 5.32 Å². The molecule has 0 saturated heterocycles. The summed E-state index contributed by atoms with van der Waals surface area (Å²) < 4.78 is 9.37. The van der Waals surface area contributed by atoms with Gasteiger partial charge in [-0.05, 0) is 19.4 Å². The van der Waals surface area contributed by atoms with Gasteiger partial charge in [0.05, 0.1) is 31.8 Å². The minimum Gasteiger partial charge on any atom is -0.504 e. The number of carbonyl (C=O) groups is 2. The maximum Gasteiger partial charge on any atom is 0.413 e. The Kier molecular flexibility index (Phi) is 7.32. The second-order valence-corrected chi connectivity index (χ2v) is 4.68. The molecule has 1 N–H and O–H groups in total. The Hall–Kier alpha value is -2.83. The molecule has 0 fully saturated rings. The lowest BCUT2D eigenvalue weighted by Gasteiger charge is -2.12. The Bertz CT molecular complexity index is 619. The maximum absolute atomic E-state index is 12.2. The quantitative estimate of drug-likeness (QED) is 0.376. The number of methoxy groups -OCH3 is 2. The van der Waals surface area contributed by atoms with E-state index in [1.54, 1.807) is 18.2 Å².